The fourth-order valence-corrected chi connectivity index (χ4v) is 3.22. The van der Waals surface area contributed by atoms with Crippen LogP contribution in [-0.2, 0) is 17.9 Å². The zero-order chi connectivity index (χ0) is 24.0. The number of amides is 2. The highest BCUT2D eigenvalue weighted by Gasteiger charge is 2.17. The quantitative estimate of drug-likeness (QED) is 0.528. The molecule has 0 saturated carbocycles. The smallest absolute Gasteiger partial charge is 0.414 e. The lowest BCUT2D eigenvalue weighted by Gasteiger charge is -2.20. The minimum absolute atomic E-state index is 0.0194. The van der Waals surface area contributed by atoms with Crippen LogP contribution in [-0.4, -0.2) is 48.5 Å². The van der Waals surface area contributed by atoms with Gasteiger partial charge < -0.3 is 24.3 Å². The molecule has 0 unspecified atom stereocenters. The summed E-state index contributed by atoms with van der Waals surface area (Å²) in [6.45, 7) is 0.110. The number of methoxy groups -OCH3 is 1. The van der Waals surface area contributed by atoms with Gasteiger partial charge in [0.1, 0.15) is 17.3 Å². The SMILES string of the molecule is COc1cc(OC(=O)N(C)C)ccc1CN(C=O)Cc1cccc(-c2ccc[nH]c2=O)c1F. The molecule has 3 rings (SSSR count). The van der Waals surface area contributed by atoms with Crippen LogP contribution in [0.4, 0.5) is 9.18 Å². The summed E-state index contributed by atoms with van der Waals surface area (Å²) in [7, 11) is 4.60. The van der Waals surface area contributed by atoms with Gasteiger partial charge in [-0.2, -0.15) is 0 Å². The van der Waals surface area contributed by atoms with Crippen molar-refractivity contribution in [3.63, 3.8) is 0 Å². The van der Waals surface area contributed by atoms with E-state index in [0.29, 0.717) is 23.5 Å². The van der Waals surface area contributed by atoms with Crippen molar-refractivity contribution in [2.45, 2.75) is 13.1 Å². The molecule has 8 nitrogen and oxygen atoms in total. The van der Waals surface area contributed by atoms with E-state index in [1.165, 1.54) is 35.2 Å². The Labute approximate surface area is 190 Å². The molecule has 2 amide bonds. The number of H-pyrrole nitrogens is 1. The van der Waals surface area contributed by atoms with Crippen molar-refractivity contribution in [2.75, 3.05) is 21.2 Å². The van der Waals surface area contributed by atoms with Crippen molar-refractivity contribution in [3.8, 4) is 22.6 Å². The summed E-state index contributed by atoms with van der Waals surface area (Å²) in [5.74, 6) is 0.133. The first-order valence-corrected chi connectivity index (χ1v) is 10.0. The number of nitrogens with zero attached hydrogens (tertiary/aromatic N) is 2. The fraction of sp³-hybridized carbons (Fsp3) is 0.208. The minimum atomic E-state index is -0.570. The van der Waals surface area contributed by atoms with Crippen LogP contribution in [0.25, 0.3) is 11.1 Å². The Morgan fingerprint density at radius 1 is 1.06 bits per heavy atom. The molecular weight excluding hydrogens is 429 g/mol. The van der Waals surface area contributed by atoms with E-state index in [1.807, 2.05) is 0 Å². The first kappa shape index (κ1) is 23.5. The van der Waals surface area contributed by atoms with Gasteiger partial charge in [-0.3, -0.25) is 9.59 Å². The maximum absolute atomic E-state index is 15.2. The van der Waals surface area contributed by atoms with Crippen LogP contribution in [0.1, 0.15) is 11.1 Å². The summed E-state index contributed by atoms with van der Waals surface area (Å²) >= 11 is 0. The second kappa shape index (κ2) is 10.4. The third kappa shape index (κ3) is 5.57. The number of hydrogen-bond acceptors (Lipinski definition) is 5. The molecule has 0 atom stereocenters. The molecule has 33 heavy (non-hydrogen) atoms. The Bertz CT molecular complexity index is 1210. The third-order valence-electron chi connectivity index (χ3n) is 4.91. The average molecular weight is 453 g/mol. The Morgan fingerprint density at radius 3 is 2.45 bits per heavy atom. The van der Waals surface area contributed by atoms with Crippen molar-refractivity contribution < 1.29 is 23.5 Å². The minimum Gasteiger partial charge on any atom is -0.496 e. The number of halogens is 1. The molecule has 172 valence electrons. The van der Waals surface area contributed by atoms with E-state index < -0.39 is 17.5 Å². The number of carbonyl (C=O) groups excluding carboxylic acids is 2. The van der Waals surface area contributed by atoms with E-state index in [1.54, 1.807) is 50.5 Å². The van der Waals surface area contributed by atoms with Gasteiger partial charge >= 0.3 is 6.09 Å². The van der Waals surface area contributed by atoms with E-state index in [4.69, 9.17) is 9.47 Å². The van der Waals surface area contributed by atoms with Crippen molar-refractivity contribution >= 4 is 12.5 Å². The number of aromatic amines is 1. The normalized spacial score (nSPS) is 10.4. The molecule has 0 fully saturated rings. The maximum Gasteiger partial charge on any atom is 0.414 e. The molecule has 1 heterocycles. The summed E-state index contributed by atoms with van der Waals surface area (Å²) < 4.78 is 25.8. The Balaban J connectivity index is 1.82. The summed E-state index contributed by atoms with van der Waals surface area (Å²) in [6.07, 6.45) is 1.55. The summed E-state index contributed by atoms with van der Waals surface area (Å²) in [6, 6.07) is 12.7. The predicted octanol–water partition coefficient (Wildman–Crippen LogP) is 3.41. The average Bonchev–Trinajstić information content (AvgIpc) is 2.81. The van der Waals surface area contributed by atoms with Gasteiger partial charge in [0.2, 0.25) is 6.41 Å². The molecule has 0 saturated heterocycles. The molecule has 0 aliphatic carbocycles. The lowest BCUT2D eigenvalue weighted by Crippen LogP contribution is -2.25. The lowest BCUT2D eigenvalue weighted by molar-refractivity contribution is -0.119. The van der Waals surface area contributed by atoms with Crippen molar-refractivity contribution in [3.05, 3.63) is 82.0 Å². The van der Waals surface area contributed by atoms with Crippen LogP contribution in [0.15, 0.2) is 59.5 Å². The highest BCUT2D eigenvalue weighted by Crippen LogP contribution is 2.28. The van der Waals surface area contributed by atoms with E-state index in [2.05, 4.69) is 4.98 Å². The molecule has 0 bridgehead atoms. The van der Waals surface area contributed by atoms with Gasteiger partial charge in [0, 0.05) is 61.7 Å². The van der Waals surface area contributed by atoms with Crippen LogP contribution in [0.2, 0.25) is 0 Å². The lowest BCUT2D eigenvalue weighted by atomic mass is 10.0. The molecule has 2 aromatic carbocycles. The Hall–Kier alpha value is -4.14. The summed E-state index contributed by atoms with van der Waals surface area (Å²) in [5.41, 5.74) is 0.869. The second-order valence-electron chi connectivity index (χ2n) is 7.44. The topological polar surface area (TPSA) is 91.9 Å². The predicted molar refractivity (Wildman–Crippen MR) is 120 cm³/mol. The Kier molecular flexibility index (Phi) is 7.45. The van der Waals surface area contributed by atoms with Crippen LogP contribution in [0.3, 0.4) is 0 Å². The number of rotatable bonds is 8. The van der Waals surface area contributed by atoms with Gasteiger partial charge in [-0.25, -0.2) is 9.18 Å². The third-order valence-corrected chi connectivity index (χ3v) is 4.91. The number of nitrogens with one attached hydrogen (secondary N) is 1. The first-order chi connectivity index (χ1) is 15.8. The number of ether oxygens (including phenoxy) is 2. The van der Waals surface area contributed by atoms with Crippen molar-refractivity contribution in [1.82, 2.24) is 14.8 Å². The van der Waals surface area contributed by atoms with Gasteiger partial charge in [-0.1, -0.05) is 18.2 Å². The van der Waals surface area contributed by atoms with Gasteiger partial charge in [0.05, 0.1) is 7.11 Å². The van der Waals surface area contributed by atoms with Crippen molar-refractivity contribution in [2.24, 2.45) is 0 Å². The highest BCUT2D eigenvalue weighted by atomic mass is 19.1. The standard InChI is InChI=1S/C24H24FN3O5/c1-27(2)24(31)33-18-10-9-16(21(12-18)32-3)13-28(15-29)14-17-6-4-7-19(22(17)25)20-8-5-11-26-23(20)30/h4-12,15H,13-14H2,1-3H3,(H,26,30). The molecule has 3 aromatic rings. The van der Waals surface area contributed by atoms with Crippen LogP contribution >= 0.6 is 0 Å². The van der Waals surface area contributed by atoms with E-state index in [-0.39, 0.29) is 29.8 Å². The highest BCUT2D eigenvalue weighted by molar-refractivity contribution is 5.70. The summed E-state index contributed by atoms with van der Waals surface area (Å²) in [5, 5.41) is 0. The summed E-state index contributed by atoms with van der Waals surface area (Å²) in [4.78, 5) is 40.8. The molecule has 0 aliphatic heterocycles. The van der Waals surface area contributed by atoms with Gasteiger partial charge in [0.25, 0.3) is 5.56 Å². The monoisotopic (exact) mass is 453 g/mol. The van der Waals surface area contributed by atoms with E-state index in [9.17, 15) is 14.4 Å². The number of pyridine rings is 1. The number of carbonyl (C=O) groups is 2. The number of hydrogen-bond donors (Lipinski definition) is 1. The maximum atomic E-state index is 15.2. The molecule has 0 radical (unpaired) electrons. The molecule has 9 heteroatoms. The number of aromatic nitrogens is 1. The zero-order valence-electron chi connectivity index (χ0n) is 18.5. The second-order valence-corrected chi connectivity index (χ2v) is 7.44. The molecule has 1 aromatic heterocycles. The molecule has 0 aliphatic rings. The van der Waals surface area contributed by atoms with Crippen LogP contribution in [0.5, 0.6) is 11.5 Å². The Morgan fingerprint density at radius 2 is 1.79 bits per heavy atom. The molecular formula is C24H24FN3O5. The molecule has 1 N–H and O–H groups in total. The first-order valence-electron chi connectivity index (χ1n) is 10.0. The fourth-order valence-electron chi connectivity index (χ4n) is 3.22. The van der Waals surface area contributed by atoms with Gasteiger partial charge in [-0.15, -0.1) is 0 Å². The van der Waals surface area contributed by atoms with E-state index in [0.717, 1.165) is 0 Å². The van der Waals surface area contributed by atoms with E-state index >= 15 is 4.39 Å². The van der Waals surface area contributed by atoms with Crippen molar-refractivity contribution in [1.29, 1.82) is 0 Å². The number of benzene rings is 2. The zero-order valence-corrected chi connectivity index (χ0v) is 18.5. The van der Waals surface area contributed by atoms with Gasteiger partial charge in [0.15, 0.2) is 0 Å². The van der Waals surface area contributed by atoms with Crippen LogP contribution in [0, 0.1) is 5.82 Å². The molecule has 0 spiro atoms. The van der Waals surface area contributed by atoms with Crippen LogP contribution < -0.4 is 15.0 Å². The largest absolute Gasteiger partial charge is 0.496 e. The van der Waals surface area contributed by atoms with Gasteiger partial charge in [-0.05, 0) is 24.3 Å².